The van der Waals surface area contributed by atoms with Crippen LogP contribution in [0.25, 0.3) is 33.9 Å². The van der Waals surface area contributed by atoms with Crippen LogP contribution in [0.4, 0.5) is 16.0 Å². The van der Waals surface area contributed by atoms with E-state index in [9.17, 15) is 9.18 Å². The van der Waals surface area contributed by atoms with Crippen molar-refractivity contribution in [2.45, 2.75) is 0 Å². The molecule has 35 heavy (non-hydrogen) atoms. The van der Waals surface area contributed by atoms with Crippen molar-refractivity contribution in [1.29, 1.82) is 0 Å². The molecule has 1 amide bonds. The molecule has 5 heterocycles. The average Bonchev–Trinajstić information content (AvgIpc) is 3.45. The maximum absolute atomic E-state index is 13.5. The van der Waals surface area contributed by atoms with Gasteiger partial charge in [0.25, 0.3) is 5.91 Å². The molecule has 0 unspecified atom stereocenters. The van der Waals surface area contributed by atoms with Gasteiger partial charge in [-0.15, -0.1) is 5.10 Å². The SMILES string of the molecule is Nc1ccc2nc(-c3ccc(F)cc3)c(-c3ccc4nc(NC(=O)c5ccncc5)cn4n3)n2n1. The molecule has 0 radical (unpaired) electrons. The summed E-state index contributed by atoms with van der Waals surface area (Å²) >= 11 is 0. The topological polar surface area (TPSA) is 128 Å². The number of fused-ring (bicyclic) bond motifs is 2. The van der Waals surface area contributed by atoms with Gasteiger partial charge in [-0.25, -0.2) is 23.4 Å². The van der Waals surface area contributed by atoms with Gasteiger partial charge in [-0.05, 0) is 60.7 Å². The lowest BCUT2D eigenvalue weighted by molar-refractivity contribution is 0.102. The van der Waals surface area contributed by atoms with E-state index in [-0.39, 0.29) is 11.7 Å². The second-order valence-electron chi connectivity index (χ2n) is 7.68. The highest BCUT2D eigenvalue weighted by atomic mass is 19.1. The smallest absolute Gasteiger partial charge is 0.256 e. The number of rotatable bonds is 4. The number of hydrogen-bond donors (Lipinski definition) is 2. The highest BCUT2D eigenvalue weighted by molar-refractivity contribution is 6.03. The number of hydrogen-bond acceptors (Lipinski definition) is 7. The van der Waals surface area contributed by atoms with Crippen molar-refractivity contribution >= 4 is 28.8 Å². The predicted molar refractivity (Wildman–Crippen MR) is 127 cm³/mol. The second-order valence-corrected chi connectivity index (χ2v) is 7.68. The first kappa shape index (κ1) is 20.4. The van der Waals surface area contributed by atoms with Crippen LogP contribution in [0.1, 0.15) is 10.4 Å². The number of amides is 1. The van der Waals surface area contributed by atoms with Gasteiger partial charge >= 0.3 is 0 Å². The zero-order valence-electron chi connectivity index (χ0n) is 18.0. The Hall–Kier alpha value is -5.19. The van der Waals surface area contributed by atoms with Crippen molar-refractivity contribution in [3.05, 3.63) is 90.6 Å². The average molecular weight is 465 g/mol. The fourth-order valence-corrected chi connectivity index (χ4v) is 3.75. The number of aromatic nitrogens is 7. The summed E-state index contributed by atoms with van der Waals surface area (Å²) in [5.74, 6) is -0.000761. The van der Waals surface area contributed by atoms with Gasteiger partial charge in [0.1, 0.15) is 28.7 Å². The van der Waals surface area contributed by atoms with Crippen molar-refractivity contribution in [2.75, 3.05) is 11.1 Å². The Kier molecular flexibility index (Phi) is 4.66. The molecule has 11 heteroatoms. The van der Waals surface area contributed by atoms with Crippen LogP contribution < -0.4 is 11.1 Å². The van der Waals surface area contributed by atoms with Crippen LogP contribution in [0.2, 0.25) is 0 Å². The number of nitrogens with zero attached hydrogens (tertiary/aromatic N) is 7. The molecule has 170 valence electrons. The van der Waals surface area contributed by atoms with Gasteiger partial charge in [0.2, 0.25) is 0 Å². The summed E-state index contributed by atoms with van der Waals surface area (Å²) in [5.41, 5.74) is 9.87. The maximum atomic E-state index is 13.5. The van der Waals surface area contributed by atoms with Gasteiger partial charge in [0, 0.05) is 23.5 Å². The van der Waals surface area contributed by atoms with E-state index in [4.69, 9.17) is 5.73 Å². The van der Waals surface area contributed by atoms with E-state index in [1.54, 1.807) is 76.2 Å². The zero-order valence-corrected chi connectivity index (χ0v) is 18.0. The molecule has 0 saturated carbocycles. The van der Waals surface area contributed by atoms with Crippen molar-refractivity contribution in [1.82, 2.24) is 34.2 Å². The summed E-state index contributed by atoms with van der Waals surface area (Å²) in [6, 6.07) is 16.2. The van der Waals surface area contributed by atoms with E-state index in [0.29, 0.717) is 51.1 Å². The number of benzene rings is 1. The van der Waals surface area contributed by atoms with Crippen LogP contribution in [-0.4, -0.2) is 40.1 Å². The number of carbonyl (C=O) groups excluding carboxylic acids is 1. The Balaban J connectivity index is 1.45. The van der Waals surface area contributed by atoms with E-state index in [2.05, 4.69) is 30.5 Å². The lowest BCUT2D eigenvalue weighted by Gasteiger charge is -2.05. The molecule has 1 aromatic carbocycles. The Bertz CT molecular complexity index is 1710. The minimum atomic E-state index is -0.347. The number of imidazole rings is 2. The van der Waals surface area contributed by atoms with Gasteiger partial charge in [-0.1, -0.05) is 0 Å². The first-order valence-corrected chi connectivity index (χ1v) is 10.5. The van der Waals surface area contributed by atoms with Crippen molar-refractivity contribution in [2.24, 2.45) is 0 Å². The Morgan fingerprint density at radius 3 is 2.46 bits per heavy atom. The van der Waals surface area contributed by atoms with Crippen molar-refractivity contribution in [3.8, 4) is 22.6 Å². The monoisotopic (exact) mass is 465 g/mol. The van der Waals surface area contributed by atoms with Gasteiger partial charge in [-0.3, -0.25) is 9.78 Å². The number of nitrogen functional groups attached to an aromatic ring is 1. The Morgan fingerprint density at radius 1 is 0.886 bits per heavy atom. The first-order valence-electron chi connectivity index (χ1n) is 10.5. The summed E-state index contributed by atoms with van der Waals surface area (Å²) in [6.45, 7) is 0. The third kappa shape index (κ3) is 3.70. The van der Waals surface area contributed by atoms with Crippen LogP contribution in [0.3, 0.4) is 0 Å². The van der Waals surface area contributed by atoms with Crippen molar-refractivity contribution < 1.29 is 9.18 Å². The third-order valence-electron chi connectivity index (χ3n) is 5.36. The fraction of sp³-hybridized carbons (Fsp3) is 0. The number of halogens is 1. The summed E-state index contributed by atoms with van der Waals surface area (Å²) in [4.78, 5) is 25.5. The molecule has 3 N–H and O–H groups in total. The second kappa shape index (κ2) is 7.99. The third-order valence-corrected chi connectivity index (χ3v) is 5.36. The van der Waals surface area contributed by atoms with Crippen molar-refractivity contribution in [3.63, 3.8) is 0 Å². The molecule has 6 aromatic rings. The lowest BCUT2D eigenvalue weighted by atomic mass is 10.1. The molecule has 0 fully saturated rings. The van der Waals surface area contributed by atoms with Gasteiger partial charge < -0.3 is 11.1 Å². The first-order chi connectivity index (χ1) is 17.0. The quantitative estimate of drug-likeness (QED) is 0.408. The van der Waals surface area contributed by atoms with E-state index in [0.717, 1.165) is 0 Å². The summed E-state index contributed by atoms with van der Waals surface area (Å²) in [5, 5.41) is 11.8. The minimum Gasteiger partial charge on any atom is -0.382 e. The van der Waals surface area contributed by atoms with Crippen LogP contribution >= 0.6 is 0 Å². The summed E-state index contributed by atoms with van der Waals surface area (Å²) in [6.07, 6.45) is 4.70. The molecule has 0 saturated heterocycles. The van der Waals surface area contributed by atoms with E-state index in [1.807, 2.05) is 0 Å². The Labute approximate surface area is 196 Å². The number of nitrogens with two attached hydrogens (primary N) is 1. The Morgan fingerprint density at radius 2 is 1.66 bits per heavy atom. The highest BCUT2D eigenvalue weighted by Crippen LogP contribution is 2.32. The standard InChI is InChI=1S/C24H16FN9O/c25-16-3-1-14(2-4-16)22-23(34-21(30-22)8-6-18(26)32-34)17-5-7-20-28-19(13-33(20)31-17)29-24(35)15-9-11-27-12-10-15/h1-13H,(H2,26,32)(H,29,35). The summed E-state index contributed by atoms with van der Waals surface area (Å²) < 4.78 is 16.7. The largest absolute Gasteiger partial charge is 0.382 e. The predicted octanol–water partition coefficient (Wildman–Crippen LogP) is 3.47. The minimum absolute atomic E-state index is 0.309. The van der Waals surface area contributed by atoms with Gasteiger partial charge in [0.05, 0.1) is 6.20 Å². The molecule has 0 aliphatic heterocycles. The van der Waals surface area contributed by atoms with Crippen LogP contribution in [0.5, 0.6) is 0 Å². The molecule has 0 spiro atoms. The maximum Gasteiger partial charge on any atom is 0.256 e. The van der Waals surface area contributed by atoms with Crippen LogP contribution in [0, 0.1) is 5.82 Å². The van der Waals surface area contributed by atoms with Crippen LogP contribution in [0.15, 0.2) is 79.3 Å². The van der Waals surface area contributed by atoms with Gasteiger partial charge in [-0.2, -0.15) is 5.10 Å². The molecule has 0 aliphatic carbocycles. The lowest BCUT2D eigenvalue weighted by Crippen LogP contribution is -2.11. The zero-order chi connectivity index (χ0) is 23.9. The van der Waals surface area contributed by atoms with E-state index < -0.39 is 0 Å². The summed E-state index contributed by atoms with van der Waals surface area (Å²) in [7, 11) is 0. The molecule has 0 bridgehead atoms. The number of pyridine rings is 1. The molecule has 6 rings (SSSR count). The number of nitrogens with one attached hydrogen (secondary N) is 1. The molecule has 5 aromatic heterocycles. The molecular weight excluding hydrogens is 449 g/mol. The molecule has 10 nitrogen and oxygen atoms in total. The molecule has 0 aliphatic rings. The normalized spacial score (nSPS) is 11.2. The van der Waals surface area contributed by atoms with Crippen LogP contribution in [-0.2, 0) is 0 Å². The van der Waals surface area contributed by atoms with Gasteiger partial charge in [0.15, 0.2) is 17.1 Å². The highest BCUT2D eigenvalue weighted by Gasteiger charge is 2.20. The fourth-order valence-electron chi connectivity index (χ4n) is 3.75. The molecular formula is C24H16FN9O. The number of carbonyl (C=O) groups is 1. The van der Waals surface area contributed by atoms with E-state index >= 15 is 0 Å². The molecule has 0 atom stereocenters. The number of anilines is 2. The van der Waals surface area contributed by atoms with E-state index in [1.165, 1.54) is 12.1 Å².